The molecule has 0 aliphatic rings. The summed E-state index contributed by atoms with van der Waals surface area (Å²) in [6.07, 6.45) is 1.06. The van der Waals surface area contributed by atoms with E-state index in [1.807, 2.05) is 24.6 Å². The first-order valence-corrected chi connectivity index (χ1v) is 6.71. The summed E-state index contributed by atoms with van der Waals surface area (Å²) in [6, 6.07) is 5.31. The molecule has 0 saturated heterocycles. The fraction of sp³-hybridized carbons (Fsp3) is 0.400. The van der Waals surface area contributed by atoms with E-state index in [-0.39, 0.29) is 6.04 Å². The Morgan fingerprint density at radius 2 is 1.80 bits per heavy atom. The SMILES string of the molecule is CCn1nc(C)cc1CC(N)Cc1cc(F)cc(F)c1. The van der Waals surface area contributed by atoms with E-state index in [4.69, 9.17) is 5.73 Å². The Morgan fingerprint density at radius 3 is 2.40 bits per heavy atom. The number of nitrogens with zero attached hydrogens (tertiary/aromatic N) is 2. The van der Waals surface area contributed by atoms with Gasteiger partial charge in [0.15, 0.2) is 0 Å². The summed E-state index contributed by atoms with van der Waals surface area (Å²) in [5.74, 6) is -1.14. The highest BCUT2D eigenvalue weighted by Crippen LogP contribution is 2.12. The smallest absolute Gasteiger partial charge is 0.126 e. The zero-order valence-corrected chi connectivity index (χ0v) is 11.7. The van der Waals surface area contributed by atoms with Crippen LogP contribution in [0, 0.1) is 18.6 Å². The van der Waals surface area contributed by atoms with Gasteiger partial charge in [0.05, 0.1) is 5.69 Å². The van der Waals surface area contributed by atoms with Gasteiger partial charge in [-0.1, -0.05) is 0 Å². The van der Waals surface area contributed by atoms with Gasteiger partial charge in [0.25, 0.3) is 0 Å². The summed E-state index contributed by atoms with van der Waals surface area (Å²) in [6.45, 7) is 4.73. The summed E-state index contributed by atoms with van der Waals surface area (Å²) < 4.78 is 28.2. The van der Waals surface area contributed by atoms with Crippen LogP contribution < -0.4 is 5.73 Å². The number of benzene rings is 1. The van der Waals surface area contributed by atoms with Crippen LogP contribution in [0.5, 0.6) is 0 Å². The van der Waals surface area contributed by atoms with Crippen molar-refractivity contribution in [1.29, 1.82) is 0 Å². The molecule has 2 rings (SSSR count). The molecule has 1 atom stereocenters. The van der Waals surface area contributed by atoms with Crippen LogP contribution in [0.25, 0.3) is 0 Å². The first-order chi connectivity index (χ1) is 9.47. The third kappa shape index (κ3) is 3.63. The standard InChI is InChI=1S/C15H19F2N3/c1-3-20-15(4-10(2)19-20)9-14(18)7-11-5-12(16)8-13(17)6-11/h4-6,8,14H,3,7,9,18H2,1-2H3. The predicted molar refractivity (Wildman–Crippen MR) is 74.4 cm³/mol. The average Bonchev–Trinajstić information content (AvgIpc) is 2.67. The Hall–Kier alpha value is -1.75. The number of halogens is 2. The molecule has 2 aromatic rings. The molecule has 5 heteroatoms. The van der Waals surface area contributed by atoms with Crippen LogP contribution in [0.1, 0.15) is 23.9 Å². The van der Waals surface area contributed by atoms with Crippen molar-refractivity contribution in [1.82, 2.24) is 9.78 Å². The number of aromatic nitrogens is 2. The van der Waals surface area contributed by atoms with Gasteiger partial charge in [-0.3, -0.25) is 4.68 Å². The molecule has 1 unspecified atom stereocenters. The van der Waals surface area contributed by atoms with Gasteiger partial charge in [-0.05, 0) is 44.0 Å². The van der Waals surface area contributed by atoms with Crippen molar-refractivity contribution in [2.24, 2.45) is 5.73 Å². The van der Waals surface area contributed by atoms with Gasteiger partial charge in [-0.15, -0.1) is 0 Å². The highest BCUT2D eigenvalue weighted by Gasteiger charge is 2.11. The maximum Gasteiger partial charge on any atom is 0.126 e. The molecule has 0 spiro atoms. The van der Waals surface area contributed by atoms with E-state index in [1.54, 1.807) is 0 Å². The van der Waals surface area contributed by atoms with Crippen LogP contribution in [0.15, 0.2) is 24.3 Å². The first-order valence-electron chi connectivity index (χ1n) is 6.71. The Bertz CT molecular complexity index is 573. The monoisotopic (exact) mass is 279 g/mol. The molecule has 0 bridgehead atoms. The van der Waals surface area contributed by atoms with Gasteiger partial charge < -0.3 is 5.73 Å². The molecule has 0 aliphatic heterocycles. The molecule has 0 radical (unpaired) electrons. The van der Waals surface area contributed by atoms with Crippen molar-refractivity contribution >= 4 is 0 Å². The molecule has 2 N–H and O–H groups in total. The summed E-state index contributed by atoms with van der Waals surface area (Å²) in [4.78, 5) is 0. The highest BCUT2D eigenvalue weighted by atomic mass is 19.1. The van der Waals surface area contributed by atoms with E-state index < -0.39 is 11.6 Å². The molecule has 0 aliphatic carbocycles. The van der Waals surface area contributed by atoms with Crippen molar-refractivity contribution in [3.05, 3.63) is 52.9 Å². The molecular formula is C15H19F2N3. The maximum atomic E-state index is 13.1. The molecule has 1 aromatic heterocycles. The molecule has 1 heterocycles. The summed E-state index contributed by atoms with van der Waals surface area (Å²) in [7, 11) is 0. The van der Waals surface area contributed by atoms with Gasteiger partial charge in [0, 0.05) is 30.8 Å². The molecule has 3 nitrogen and oxygen atoms in total. The van der Waals surface area contributed by atoms with Crippen LogP contribution in [-0.4, -0.2) is 15.8 Å². The van der Waals surface area contributed by atoms with Crippen molar-refractivity contribution < 1.29 is 8.78 Å². The Kier molecular flexibility index (Phi) is 4.49. The second-order valence-electron chi connectivity index (χ2n) is 5.04. The number of nitrogens with two attached hydrogens (primary N) is 1. The number of hydrogen-bond acceptors (Lipinski definition) is 2. The quantitative estimate of drug-likeness (QED) is 0.914. The second-order valence-corrected chi connectivity index (χ2v) is 5.04. The van der Waals surface area contributed by atoms with Crippen molar-refractivity contribution in [2.75, 3.05) is 0 Å². The summed E-state index contributed by atoms with van der Waals surface area (Å²) in [5, 5.41) is 4.36. The van der Waals surface area contributed by atoms with Crippen molar-refractivity contribution in [3.63, 3.8) is 0 Å². The largest absolute Gasteiger partial charge is 0.327 e. The third-order valence-corrected chi connectivity index (χ3v) is 3.18. The fourth-order valence-corrected chi connectivity index (χ4v) is 2.41. The van der Waals surface area contributed by atoms with Crippen LogP contribution in [0.2, 0.25) is 0 Å². The lowest BCUT2D eigenvalue weighted by molar-refractivity contribution is 0.561. The molecule has 0 amide bonds. The minimum absolute atomic E-state index is 0.197. The zero-order valence-electron chi connectivity index (χ0n) is 11.7. The predicted octanol–water partition coefficient (Wildman–Crippen LogP) is 2.60. The van der Waals surface area contributed by atoms with Crippen LogP contribution in [0.4, 0.5) is 8.78 Å². The van der Waals surface area contributed by atoms with E-state index in [0.29, 0.717) is 18.4 Å². The fourth-order valence-electron chi connectivity index (χ4n) is 2.41. The van der Waals surface area contributed by atoms with Gasteiger partial charge in [-0.2, -0.15) is 5.10 Å². The molecular weight excluding hydrogens is 260 g/mol. The van der Waals surface area contributed by atoms with E-state index in [9.17, 15) is 8.78 Å². The van der Waals surface area contributed by atoms with E-state index in [1.165, 1.54) is 12.1 Å². The van der Waals surface area contributed by atoms with E-state index in [0.717, 1.165) is 24.0 Å². The maximum absolute atomic E-state index is 13.1. The number of hydrogen-bond donors (Lipinski definition) is 1. The first kappa shape index (κ1) is 14.7. The number of aryl methyl sites for hydroxylation is 2. The van der Waals surface area contributed by atoms with E-state index >= 15 is 0 Å². The lowest BCUT2D eigenvalue weighted by Gasteiger charge is -2.13. The minimum Gasteiger partial charge on any atom is -0.327 e. The van der Waals surface area contributed by atoms with Gasteiger partial charge in [0.1, 0.15) is 11.6 Å². The Morgan fingerprint density at radius 1 is 1.15 bits per heavy atom. The Labute approximate surface area is 117 Å². The van der Waals surface area contributed by atoms with Gasteiger partial charge in [-0.25, -0.2) is 8.78 Å². The highest BCUT2D eigenvalue weighted by molar-refractivity contribution is 5.20. The van der Waals surface area contributed by atoms with Gasteiger partial charge in [0.2, 0.25) is 0 Å². The average molecular weight is 279 g/mol. The van der Waals surface area contributed by atoms with Crippen molar-refractivity contribution in [3.8, 4) is 0 Å². The summed E-state index contributed by atoms with van der Waals surface area (Å²) in [5.41, 5.74) is 8.66. The van der Waals surface area contributed by atoms with E-state index in [2.05, 4.69) is 5.10 Å². The number of rotatable bonds is 5. The second kappa shape index (κ2) is 6.13. The zero-order chi connectivity index (χ0) is 14.7. The lowest BCUT2D eigenvalue weighted by atomic mass is 10.0. The Balaban J connectivity index is 2.06. The lowest BCUT2D eigenvalue weighted by Crippen LogP contribution is -2.27. The molecule has 0 fully saturated rings. The minimum atomic E-state index is -0.568. The van der Waals surface area contributed by atoms with Gasteiger partial charge >= 0.3 is 0 Å². The third-order valence-electron chi connectivity index (χ3n) is 3.18. The molecule has 108 valence electrons. The molecule has 20 heavy (non-hydrogen) atoms. The summed E-state index contributed by atoms with van der Waals surface area (Å²) >= 11 is 0. The van der Waals surface area contributed by atoms with Crippen LogP contribution >= 0.6 is 0 Å². The normalized spacial score (nSPS) is 12.7. The topological polar surface area (TPSA) is 43.8 Å². The molecule has 1 aromatic carbocycles. The van der Waals surface area contributed by atoms with Crippen molar-refractivity contribution in [2.45, 2.75) is 39.3 Å². The van der Waals surface area contributed by atoms with Crippen LogP contribution in [0.3, 0.4) is 0 Å². The molecule has 0 saturated carbocycles. The van der Waals surface area contributed by atoms with Crippen LogP contribution in [-0.2, 0) is 19.4 Å².